The van der Waals surface area contributed by atoms with Gasteiger partial charge in [-0.1, -0.05) is 12.2 Å². The minimum Gasteiger partial charge on any atom is -0.459 e. The molecule has 2 aliphatic carbocycles. The Labute approximate surface area is 114 Å². The van der Waals surface area contributed by atoms with Crippen molar-refractivity contribution in [1.82, 2.24) is 10.4 Å². The van der Waals surface area contributed by atoms with E-state index < -0.39 is 5.91 Å². The topological polar surface area (TPSA) is 79.6 Å². The van der Waals surface area contributed by atoms with Gasteiger partial charge in [0.05, 0.1) is 18.1 Å². The summed E-state index contributed by atoms with van der Waals surface area (Å²) in [6.45, 7) is 0. The fourth-order valence-corrected chi connectivity index (χ4v) is 3.58. The zero-order chi connectivity index (χ0) is 13.9. The zero-order valence-corrected chi connectivity index (χ0v) is 10.5. The van der Waals surface area contributed by atoms with Crippen LogP contribution in [0.2, 0.25) is 0 Å². The van der Waals surface area contributed by atoms with Crippen molar-refractivity contribution in [3.8, 4) is 0 Å². The molecule has 1 aromatic heterocycles. The summed E-state index contributed by atoms with van der Waals surface area (Å²) in [7, 11) is 0. The van der Waals surface area contributed by atoms with Crippen molar-refractivity contribution in [2.24, 2.45) is 23.7 Å². The first-order valence-corrected chi connectivity index (χ1v) is 6.57. The van der Waals surface area contributed by atoms with Crippen LogP contribution < -0.4 is 5.43 Å². The van der Waals surface area contributed by atoms with Crippen molar-refractivity contribution >= 4 is 17.7 Å². The highest BCUT2D eigenvalue weighted by atomic mass is 16.3. The number of imide groups is 1. The van der Waals surface area contributed by atoms with E-state index in [1.54, 1.807) is 6.07 Å². The molecule has 3 aliphatic rings. The first-order chi connectivity index (χ1) is 9.66. The van der Waals surface area contributed by atoms with Gasteiger partial charge in [0.25, 0.3) is 11.8 Å². The molecule has 1 saturated carbocycles. The summed E-state index contributed by atoms with van der Waals surface area (Å²) in [6.07, 6.45) is 6.25. The van der Waals surface area contributed by atoms with Crippen LogP contribution in [0.15, 0.2) is 35.0 Å². The Balaban J connectivity index is 1.57. The maximum atomic E-state index is 12.3. The van der Waals surface area contributed by atoms with Crippen molar-refractivity contribution in [2.45, 2.75) is 6.42 Å². The van der Waals surface area contributed by atoms with Gasteiger partial charge in [-0.2, -0.15) is 5.01 Å². The Bertz CT molecular complexity index is 604. The summed E-state index contributed by atoms with van der Waals surface area (Å²) in [5, 5.41) is 0.867. The van der Waals surface area contributed by atoms with Gasteiger partial charge in [0, 0.05) is 0 Å². The molecule has 0 aromatic carbocycles. The number of nitrogens with one attached hydrogen (secondary N) is 1. The van der Waals surface area contributed by atoms with Crippen molar-refractivity contribution in [3.63, 3.8) is 0 Å². The van der Waals surface area contributed by atoms with Gasteiger partial charge in [0.15, 0.2) is 5.76 Å². The lowest BCUT2D eigenvalue weighted by atomic mass is 9.85. The number of nitrogens with zero attached hydrogens (tertiary/aromatic N) is 1. The van der Waals surface area contributed by atoms with Crippen LogP contribution in [-0.2, 0) is 9.59 Å². The Morgan fingerprint density at radius 2 is 1.85 bits per heavy atom. The van der Waals surface area contributed by atoms with Crippen LogP contribution in [0, 0.1) is 23.7 Å². The minimum absolute atomic E-state index is 0.0729. The van der Waals surface area contributed by atoms with Crippen molar-refractivity contribution < 1.29 is 18.8 Å². The SMILES string of the molecule is O=C(NN1C(=O)[C@@H]2[C@@H](C1=O)[C@@H]1C=C[C@@H]2C1)c1ccco1. The van der Waals surface area contributed by atoms with Gasteiger partial charge in [-0.15, -0.1) is 0 Å². The second kappa shape index (κ2) is 3.82. The van der Waals surface area contributed by atoms with E-state index in [4.69, 9.17) is 4.42 Å². The van der Waals surface area contributed by atoms with E-state index in [-0.39, 0.29) is 41.2 Å². The van der Waals surface area contributed by atoms with E-state index in [1.165, 1.54) is 12.3 Å². The molecule has 2 heterocycles. The van der Waals surface area contributed by atoms with Gasteiger partial charge in [-0.3, -0.25) is 19.8 Å². The van der Waals surface area contributed by atoms with E-state index in [9.17, 15) is 14.4 Å². The molecule has 3 amide bonds. The molecule has 1 N–H and O–H groups in total. The normalized spacial score (nSPS) is 33.9. The lowest BCUT2D eigenvalue weighted by Crippen LogP contribution is -2.47. The Hall–Kier alpha value is -2.37. The molecule has 102 valence electrons. The number of carbonyl (C=O) groups is 3. The smallest absolute Gasteiger partial charge is 0.305 e. The fourth-order valence-electron chi connectivity index (χ4n) is 3.58. The lowest BCUT2D eigenvalue weighted by Gasteiger charge is -2.17. The number of fused-ring (bicyclic) bond motifs is 5. The van der Waals surface area contributed by atoms with Gasteiger partial charge >= 0.3 is 5.91 Å². The molecule has 4 rings (SSSR count). The van der Waals surface area contributed by atoms with Crippen LogP contribution >= 0.6 is 0 Å². The molecule has 2 fully saturated rings. The second-order valence-electron chi connectivity index (χ2n) is 5.43. The number of hydrogen-bond acceptors (Lipinski definition) is 4. The Morgan fingerprint density at radius 1 is 1.20 bits per heavy atom. The average Bonchev–Trinajstić information content (AvgIpc) is 3.18. The van der Waals surface area contributed by atoms with E-state index >= 15 is 0 Å². The van der Waals surface area contributed by atoms with Gasteiger partial charge in [-0.05, 0) is 30.4 Å². The van der Waals surface area contributed by atoms with Gasteiger partial charge < -0.3 is 4.42 Å². The summed E-state index contributed by atoms with van der Waals surface area (Å²) >= 11 is 0. The summed E-state index contributed by atoms with van der Waals surface area (Å²) in [6, 6.07) is 3.05. The molecular formula is C14H12N2O4. The standard InChI is InChI=1S/C14H12N2O4/c17-12(9-2-1-5-20-9)15-16-13(18)10-7-3-4-8(6-7)11(10)14(16)19/h1-5,7-8,10-11H,6H2,(H,15,17)/t7-,8-,10+,11+/m1/s1. The van der Waals surface area contributed by atoms with Gasteiger partial charge in [-0.25, -0.2) is 0 Å². The van der Waals surface area contributed by atoms with Crippen LogP contribution in [-0.4, -0.2) is 22.7 Å². The molecule has 0 radical (unpaired) electrons. The molecule has 6 heteroatoms. The van der Waals surface area contributed by atoms with E-state index in [0.29, 0.717) is 0 Å². The monoisotopic (exact) mass is 272 g/mol. The lowest BCUT2D eigenvalue weighted by molar-refractivity contribution is -0.143. The first-order valence-electron chi connectivity index (χ1n) is 6.57. The third-order valence-corrected chi connectivity index (χ3v) is 4.43. The molecule has 4 atom stereocenters. The molecule has 1 aromatic rings. The molecular weight excluding hydrogens is 260 g/mol. The second-order valence-corrected chi connectivity index (χ2v) is 5.43. The quantitative estimate of drug-likeness (QED) is 0.636. The highest BCUT2D eigenvalue weighted by Gasteiger charge is 2.59. The zero-order valence-electron chi connectivity index (χ0n) is 10.5. The van der Waals surface area contributed by atoms with Crippen molar-refractivity contribution in [3.05, 3.63) is 36.3 Å². The van der Waals surface area contributed by atoms with E-state index in [1.807, 2.05) is 12.2 Å². The van der Waals surface area contributed by atoms with Crippen LogP contribution in [0.1, 0.15) is 17.0 Å². The van der Waals surface area contributed by atoms with Crippen molar-refractivity contribution in [2.75, 3.05) is 0 Å². The Kier molecular flexibility index (Phi) is 2.19. The third kappa shape index (κ3) is 1.36. The number of amides is 3. The summed E-state index contributed by atoms with van der Waals surface area (Å²) in [5.74, 6) is -1.49. The highest BCUT2D eigenvalue weighted by molar-refractivity contribution is 6.08. The first kappa shape index (κ1) is 11.5. The van der Waals surface area contributed by atoms with Gasteiger partial charge in [0.1, 0.15) is 0 Å². The number of furan rings is 1. The number of hydrogen-bond donors (Lipinski definition) is 1. The fraction of sp³-hybridized carbons (Fsp3) is 0.357. The number of hydrazine groups is 1. The maximum absolute atomic E-state index is 12.3. The van der Waals surface area contributed by atoms with Gasteiger partial charge in [0.2, 0.25) is 0 Å². The molecule has 1 saturated heterocycles. The highest BCUT2D eigenvalue weighted by Crippen LogP contribution is 2.52. The molecule has 20 heavy (non-hydrogen) atoms. The third-order valence-electron chi connectivity index (χ3n) is 4.43. The summed E-state index contributed by atoms with van der Waals surface area (Å²) in [4.78, 5) is 36.5. The van der Waals surface area contributed by atoms with Crippen LogP contribution in [0.5, 0.6) is 0 Å². The average molecular weight is 272 g/mol. The summed E-state index contributed by atoms with van der Waals surface area (Å²) in [5.41, 5.74) is 2.35. The van der Waals surface area contributed by atoms with E-state index in [0.717, 1.165) is 11.4 Å². The predicted molar refractivity (Wildman–Crippen MR) is 65.7 cm³/mol. The number of rotatable bonds is 2. The molecule has 2 bridgehead atoms. The summed E-state index contributed by atoms with van der Waals surface area (Å²) < 4.78 is 4.95. The number of allylic oxidation sites excluding steroid dienone is 2. The molecule has 0 spiro atoms. The molecule has 0 unspecified atom stereocenters. The maximum Gasteiger partial charge on any atom is 0.305 e. The molecule has 1 aliphatic heterocycles. The van der Waals surface area contributed by atoms with Crippen molar-refractivity contribution in [1.29, 1.82) is 0 Å². The largest absolute Gasteiger partial charge is 0.459 e. The van der Waals surface area contributed by atoms with Crippen LogP contribution in [0.3, 0.4) is 0 Å². The molecule has 6 nitrogen and oxygen atoms in total. The predicted octanol–water partition coefficient (Wildman–Crippen LogP) is 0.732. The van der Waals surface area contributed by atoms with E-state index in [2.05, 4.69) is 5.43 Å². The van der Waals surface area contributed by atoms with Crippen LogP contribution in [0.4, 0.5) is 0 Å². The Morgan fingerprint density at radius 3 is 2.40 bits per heavy atom. The minimum atomic E-state index is -0.586. The number of carbonyl (C=O) groups excluding carboxylic acids is 3. The van der Waals surface area contributed by atoms with Crippen LogP contribution in [0.25, 0.3) is 0 Å².